The van der Waals surface area contributed by atoms with Gasteiger partial charge in [-0.1, -0.05) is 0 Å². The van der Waals surface area contributed by atoms with Crippen molar-refractivity contribution in [2.75, 3.05) is 33.4 Å². The molecule has 1 fully saturated rings. The summed E-state index contributed by atoms with van der Waals surface area (Å²) in [4.78, 5) is 9.64. The number of pyridine rings is 1. The van der Waals surface area contributed by atoms with Gasteiger partial charge in [-0.3, -0.25) is 0 Å². The number of methoxy groups -OCH3 is 1. The highest BCUT2D eigenvalue weighted by Gasteiger charge is 2.20. The van der Waals surface area contributed by atoms with Crippen LogP contribution in [-0.2, 0) is 4.74 Å². The van der Waals surface area contributed by atoms with Crippen LogP contribution in [0.1, 0.15) is 12.8 Å². The van der Waals surface area contributed by atoms with Gasteiger partial charge in [-0.2, -0.15) is 0 Å². The van der Waals surface area contributed by atoms with Gasteiger partial charge < -0.3 is 24.5 Å². The van der Waals surface area contributed by atoms with E-state index in [1.807, 2.05) is 12.1 Å². The molecule has 6 nitrogen and oxygen atoms in total. The van der Waals surface area contributed by atoms with Gasteiger partial charge in [-0.25, -0.2) is 4.98 Å². The summed E-state index contributed by atoms with van der Waals surface area (Å²) in [5.41, 5.74) is 1.54. The van der Waals surface area contributed by atoms with Gasteiger partial charge >= 0.3 is 0 Å². The molecule has 21 heavy (non-hydrogen) atoms. The van der Waals surface area contributed by atoms with Crippen molar-refractivity contribution >= 4 is 11.0 Å². The Morgan fingerprint density at radius 3 is 2.95 bits per heavy atom. The average Bonchev–Trinajstić information content (AvgIpc) is 2.86. The smallest absolute Gasteiger partial charge is 0.214 e. The van der Waals surface area contributed by atoms with Gasteiger partial charge in [0, 0.05) is 38.9 Å². The van der Waals surface area contributed by atoms with Crippen LogP contribution in [0.15, 0.2) is 18.2 Å². The second-order valence-electron chi connectivity index (χ2n) is 5.39. The average molecular weight is 291 g/mol. The van der Waals surface area contributed by atoms with Gasteiger partial charge in [-0.05, 0) is 18.9 Å². The zero-order chi connectivity index (χ0) is 14.7. The van der Waals surface area contributed by atoms with Crippen molar-refractivity contribution in [2.45, 2.75) is 18.9 Å². The minimum atomic E-state index is 0.126. The molecule has 3 rings (SSSR count). The molecule has 6 heteroatoms. The lowest BCUT2D eigenvalue weighted by Gasteiger charge is -2.31. The Morgan fingerprint density at radius 2 is 2.19 bits per heavy atom. The molecule has 0 aliphatic carbocycles. The molecule has 3 heterocycles. The summed E-state index contributed by atoms with van der Waals surface area (Å²) < 4.78 is 11.1. The van der Waals surface area contributed by atoms with E-state index in [0.717, 1.165) is 50.1 Å². The molecule has 0 saturated carbocycles. The molecule has 2 N–H and O–H groups in total. The number of H-pyrrole nitrogens is 1. The third kappa shape index (κ3) is 3.46. The highest BCUT2D eigenvalue weighted by molar-refractivity contribution is 5.77. The van der Waals surface area contributed by atoms with Crippen molar-refractivity contribution in [3.05, 3.63) is 18.2 Å². The van der Waals surface area contributed by atoms with Crippen LogP contribution in [0.4, 0.5) is 0 Å². The van der Waals surface area contributed by atoms with Crippen LogP contribution >= 0.6 is 0 Å². The molecule has 0 radical (unpaired) electrons. The van der Waals surface area contributed by atoms with Crippen molar-refractivity contribution in [3.63, 3.8) is 0 Å². The molecule has 0 spiro atoms. The zero-order valence-corrected chi connectivity index (χ0v) is 12.2. The number of piperidine rings is 1. The topological polar surface area (TPSA) is 70.6 Å². The number of ether oxygens (including phenoxy) is 2. The standard InChI is InChI=1S/C15H21N3O3/c1-20-9-8-18-6-4-11(5-7-18)21-15-3-2-12-13(17-15)10-14(19)16-12/h2-3,10-11,16,19H,4-9H2,1H3. The summed E-state index contributed by atoms with van der Waals surface area (Å²) in [5, 5.41) is 9.42. The number of hydrogen-bond donors (Lipinski definition) is 2. The van der Waals surface area contributed by atoms with E-state index in [1.54, 1.807) is 13.2 Å². The van der Waals surface area contributed by atoms with Crippen molar-refractivity contribution in [1.29, 1.82) is 0 Å². The van der Waals surface area contributed by atoms with Crippen LogP contribution in [0.2, 0.25) is 0 Å². The normalized spacial score (nSPS) is 17.4. The fourth-order valence-corrected chi connectivity index (χ4v) is 2.68. The maximum atomic E-state index is 9.42. The predicted molar refractivity (Wildman–Crippen MR) is 79.7 cm³/mol. The summed E-state index contributed by atoms with van der Waals surface area (Å²) >= 11 is 0. The molecule has 0 amide bonds. The molecular formula is C15H21N3O3. The minimum Gasteiger partial charge on any atom is -0.495 e. The Kier molecular flexibility index (Phi) is 4.26. The molecule has 2 aromatic heterocycles. The van der Waals surface area contributed by atoms with E-state index < -0.39 is 0 Å². The van der Waals surface area contributed by atoms with Gasteiger partial charge in [0.2, 0.25) is 5.88 Å². The maximum Gasteiger partial charge on any atom is 0.214 e. The molecule has 0 atom stereocenters. The summed E-state index contributed by atoms with van der Waals surface area (Å²) in [6.07, 6.45) is 2.21. The summed E-state index contributed by atoms with van der Waals surface area (Å²) in [7, 11) is 1.73. The number of hydrogen-bond acceptors (Lipinski definition) is 5. The number of aromatic amines is 1. The number of aromatic nitrogens is 2. The first-order chi connectivity index (χ1) is 10.2. The molecule has 1 aliphatic heterocycles. The van der Waals surface area contributed by atoms with Crippen LogP contribution in [0.3, 0.4) is 0 Å². The highest BCUT2D eigenvalue weighted by Crippen LogP contribution is 2.22. The second-order valence-corrected chi connectivity index (χ2v) is 5.39. The Hall–Kier alpha value is -1.79. The molecular weight excluding hydrogens is 270 g/mol. The van der Waals surface area contributed by atoms with E-state index in [1.165, 1.54) is 0 Å². The quantitative estimate of drug-likeness (QED) is 0.878. The summed E-state index contributed by atoms with van der Waals surface area (Å²) in [5.74, 6) is 0.748. The van der Waals surface area contributed by atoms with E-state index in [2.05, 4.69) is 14.9 Å². The SMILES string of the molecule is COCCN1CCC(Oc2ccc3[nH]c(O)cc3n2)CC1. The van der Waals surface area contributed by atoms with Crippen molar-refractivity contribution in [1.82, 2.24) is 14.9 Å². The van der Waals surface area contributed by atoms with Crippen LogP contribution in [0, 0.1) is 0 Å². The van der Waals surface area contributed by atoms with E-state index in [-0.39, 0.29) is 12.0 Å². The number of nitrogens with zero attached hydrogens (tertiary/aromatic N) is 2. The molecule has 0 bridgehead atoms. The minimum absolute atomic E-state index is 0.126. The zero-order valence-electron chi connectivity index (χ0n) is 12.2. The lowest BCUT2D eigenvalue weighted by atomic mass is 10.1. The number of likely N-dealkylation sites (tertiary alicyclic amines) is 1. The van der Waals surface area contributed by atoms with Crippen LogP contribution < -0.4 is 4.74 Å². The molecule has 0 unspecified atom stereocenters. The first-order valence-electron chi connectivity index (χ1n) is 7.31. The molecule has 1 saturated heterocycles. The Bertz CT molecular complexity index is 591. The van der Waals surface area contributed by atoms with Crippen LogP contribution in [-0.4, -0.2) is 59.4 Å². The number of rotatable bonds is 5. The molecule has 2 aromatic rings. The van der Waals surface area contributed by atoms with Gasteiger partial charge in [0.05, 0.1) is 17.6 Å². The lowest BCUT2D eigenvalue weighted by Crippen LogP contribution is -2.39. The molecule has 0 aromatic carbocycles. The number of nitrogens with one attached hydrogen (secondary N) is 1. The van der Waals surface area contributed by atoms with Crippen molar-refractivity contribution in [3.8, 4) is 11.8 Å². The first-order valence-corrected chi connectivity index (χ1v) is 7.31. The monoisotopic (exact) mass is 291 g/mol. The number of fused-ring (bicyclic) bond motifs is 1. The third-order valence-corrected chi connectivity index (χ3v) is 3.87. The van der Waals surface area contributed by atoms with Gasteiger partial charge in [-0.15, -0.1) is 0 Å². The predicted octanol–water partition coefficient (Wildman–Crippen LogP) is 1.76. The number of aromatic hydroxyl groups is 1. The largest absolute Gasteiger partial charge is 0.495 e. The third-order valence-electron chi connectivity index (χ3n) is 3.87. The lowest BCUT2D eigenvalue weighted by molar-refractivity contribution is 0.0775. The fraction of sp³-hybridized carbons (Fsp3) is 0.533. The Balaban J connectivity index is 1.56. The van der Waals surface area contributed by atoms with E-state index in [9.17, 15) is 5.11 Å². The van der Waals surface area contributed by atoms with Gasteiger partial charge in [0.15, 0.2) is 5.88 Å². The first kappa shape index (κ1) is 14.2. The molecule has 1 aliphatic rings. The van der Waals surface area contributed by atoms with E-state index in [0.29, 0.717) is 5.88 Å². The van der Waals surface area contributed by atoms with Crippen molar-refractivity contribution in [2.24, 2.45) is 0 Å². The fourth-order valence-electron chi connectivity index (χ4n) is 2.68. The van der Waals surface area contributed by atoms with E-state index >= 15 is 0 Å². The Labute approximate surface area is 123 Å². The molecule has 114 valence electrons. The summed E-state index contributed by atoms with van der Waals surface area (Å²) in [6.45, 7) is 3.82. The van der Waals surface area contributed by atoms with Crippen molar-refractivity contribution < 1.29 is 14.6 Å². The second kappa shape index (κ2) is 6.32. The van der Waals surface area contributed by atoms with Gasteiger partial charge in [0.1, 0.15) is 6.10 Å². The summed E-state index contributed by atoms with van der Waals surface area (Å²) in [6, 6.07) is 5.33. The highest BCUT2D eigenvalue weighted by atomic mass is 16.5. The van der Waals surface area contributed by atoms with Crippen LogP contribution in [0.5, 0.6) is 11.8 Å². The Morgan fingerprint density at radius 1 is 1.38 bits per heavy atom. The van der Waals surface area contributed by atoms with Crippen LogP contribution in [0.25, 0.3) is 11.0 Å². The maximum absolute atomic E-state index is 9.42. The van der Waals surface area contributed by atoms with E-state index in [4.69, 9.17) is 9.47 Å². The van der Waals surface area contributed by atoms with Gasteiger partial charge in [0.25, 0.3) is 0 Å².